The molecule has 1 atom stereocenters. The van der Waals surface area contributed by atoms with Gasteiger partial charge in [0.25, 0.3) is 0 Å². The number of methoxy groups -OCH3 is 1. The lowest BCUT2D eigenvalue weighted by molar-refractivity contribution is -0.122. The van der Waals surface area contributed by atoms with E-state index in [2.05, 4.69) is 10.6 Å². The monoisotopic (exact) mass is 428 g/mol. The zero-order valence-electron chi connectivity index (χ0n) is 15.7. The van der Waals surface area contributed by atoms with Gasteiger partial charge in [-0.05, 0) is 37.6 Å². The molecule has 9 heteroatoms. The normalized spacial score (nSPS) is 16.0. The Bertz CT molecular complexity index is 905. The van der Waals surface area contributed by atoms with E-state index in [1.54, 1.807) is 0 Å². The van der Waals surface area contributed by atoms with Gasteiger partial charge in [-0.25, -0.2) is 13.2 Å². The van der Waals surface area contributed by atoms with E-state index < -0.39 is 29.1 Å². The number of nitrogens with one attached hydrogen (secondary N) is 2. The van der Waals surface area contributed by atoms with Crippen LogP contribution in [0.3, 0.4) is 0 Å². The molecule has 1 amide bonds. The molecule has 29 heavy (non-hydrogen) atoms. The second kappa shape index (κ2) is 9.37. The third-order valence-corrected chi connectivity index (χ3v) is 5.08. The standard InChI is InChI=1S/C20H20ClF3N2O3/c1-28-17-8-18(29-10-12-13(22)4-5-14(23)19(12)21)15(24)7-11(17)9-26-20(27)16-3-2-6-25-16/h4-5,7-8,16,25H,2-3,6,9-10H2,1H3,(H,26,27)/t16-/m0/s1. The summed E-state index contributed by atoms with van der Waals surface area (Å²) < 4.78 is 52.4. The molecule has 0 radical (unpaired) electrons. The Kier molecular flexibility index (Phi) is 6.87. The summed E-state index contributed by atoms with van der Waals surface area (Å²) in [5.41, 5.74) is 0.198. The number of rotatable bonds is 7. The van der Waals surface area contributed by atoms with Crippen molar-refractivity contribution in [2.75, 3.05) is 13.7 Å². The largest absolute Gasteiger partial charge is 0.496 e. The molecule has 2 N–H and O–H groups in total. The van der Waals surface area contributed by atoms with E-state index >= 15 is 0 Å². The lowest BCUT2D eigenvalue weighted by atomic mass is 10.1. The molecule has 1 aliphatic heterocycles. The molecular formula is C20H20ClF3N2O3. The number of amides is 1. The number of hydrogen-bond acceptors (Lipinski definition) is 4. The summed E-state index contributed by atoms with van der Waals surface area (Å²) in [6.45, 7) is 0.395. The third kappa shape index (κ3) is 4.94. The van der Waals surface area contributed by atoms with Crippen LogP contribution in [0.25, 0.3) is 0 Å². The molecule has 0 aromatic heterocycles. The Labute approximate surface area is 171 Å². The molecule has 0 saturated carbocycles. The zero-order valence-corrected chi connectivity index (χ0v) is 16.4. The molecule has 2 aromatic carbocycles. The maximum atomic E-state index is 14.5. The molecule has 5 nitrogen and oxygen atoms in total. The van der Waals surface area contributed by atoms with E-state index in [0.717, 1.165) is 31.5 Å². The quantitative estimate of drug-likeness (QED) is 0.660. The minimum absolute atomic E-state index is 0.0712. The highest BCUT2D eigenvalue weighted by Crippen LogP contribution is 2.30. The summed E-state index contributed by atoms with van der Waals surface area (Å²) in [6, 6.07) is 4.02. The Morgan fingerprint density at radius 3 is 2.66 bits per heavy atom. The van der Waals surface area contributed by atoms with Crippen LogP contribution >= 0.6 is 11.6 Å². The van der Waals surface area contributed by atoms with E-state index in [0.29, 0.717) is 5.56 Å². The van der Waals surface area contributed by atoms with E-state index in [1.165, 1.54) is 19.2 Å². The van der Waals surface area contributed by atoms with Crippen LogP contribution in [0.5, 0.6) is 11.5 Å². The topological polar surface area (TPSA) is 59.6 Å². The van der Waals surface area contributed by atoms with Crippen molar-refractivity contribution in [2.24, 2.45) is 0 Å². The van der Waals surface area contributed by atoms with Crippen molar-refractivity contribution in [1.82, 2.24) is 10.6 Å². The molecule has 3 rings (SSSR count). The Hall–Kier alpha value is -2.45. The van der Waals surface area contributed by atoms with Crippen molar-refractivity contribution in [2.45, 2.75) is 32.0 Å². The van der Waals surface area contributed by atoms with Gasteiger partial charge in [0, 0.05) is 23.7 Å². The van der Waals surface area contributed by atoms with Crippen molar-refractivity contribution >= 4 is 17.5 Å². The van der Waals surface area contributed by atoms with Crippen LogP contribution in [0, 0.1) is 17.5 Å². The summed E-state index contributed by atoms with van der Waals surface area (Å²) in [4.78, 5) is 12.1. The Morgan fingerprint density at radius 2 is 1.97 bits per heavy atom. The van der Waals surface area contributed by atoms with Crippen molar-refractivity contribution in [1.29, 1.82) is 0 Å². The van der Waals surface area contributed by atoms with Crippen LogP contribution in [-0.4, -0.2) is 25.6 Å². The van der Waals surface area contributed by atoms with Crippen LogP contribution in [0.1, 0.15) is 24.0 Å². The van der Waals surface area contributed by atoms with Gasteiger partial charge in [0.1, 0.15) is 24.0 Å². The molecule has 1 aliphatic rings. The maximum absolute atomic E-state index is 14.5. The molecule has 156 valence electrons. The van der Waals surface area contributed by atoms with Crippen molar-refractivity contribution in [3.8, 4) is 11.5 Å². The highest BCUT2D eigenvalue weighted by atomic mass is 35.5. The van der Waals surface area contributed by atoms with Crippen molar-refractivity contribution < 1.29 is 27.4 Å². The fourth-order valence-corrected chi connectivity index (χ4v) is 3.29. The van der Waals surface area contributed by atoms with Gasteiger partial charge < -0.3 is 20.1 Å². The SMILES string of the molecule is COc1cc(OCc2c(F)ccc(F)c2Cl)c(F)cc1CNC(=O)[C@@H]1CCCN1. The van der Waals surface area contributed by atoms with Crippen LogP contribution in [0.2, 0.25) is 5.02 Å². The number of benzene rings is 2. The van der Waals surface area contributed by atoms with Gasteiger partial charge in [0.05, 0.1) is 18.2 Å². The molecule has 1 saturated heterocycles. The Morgan fingerprint density at radius 1 is 1.21 bits per heavy atom. The van der Waals surface area contributed by atoms with Gasteiger partial charge in [-0.2, -0.15) is 0 Å². The average molecular weight is 429 g/mol. The fourth-order valence-electron chi connectivity index (χ4n) is 3.08. The maximum Gasteiger partial charge on any atom is 0.237 e. The molecule has 2 aromatic rings. The van der Waals surface area contributed by atoms with Gasteiger partial charge in [0.2, 0.25) is 5.91 Å². The molecule has 0 spiro atoms. The highest BCUT2D eigenvalue weighted by molar-refractivity contribution is 6.31. The van der Waals surface area contributed by atoms with Gasteiger partial charge in [-0.1, -0.05) is 11.6 Å². The minimum Gasteiger partial charge on any atom is -0.496 e. The number of halogens is 4. The van der Waals surface area contributed by atoms with Crippen LogP contribution in [-0.2, 0) is 17.9 Å². The van der Waals surface area contributed by atoms with Gasteiger partial charge in [-0.3, -0.25) is 4.79 Å². The van der Waals surface area contributed by atoms with Gasteiger partial charge in [-0.15, -0.1) is 0 Å². The van der Waals surface area contributed by atoms with E-state index in [-0.39, 0.29) is 35.6 Å². The first kappa shape index (κ1) is 21.3. The number of hydrogen-bond donors (Lipinski definition) is 2. The number of ether oxygens (including phenoxy) is 2. The number of carbonyl (C=O) groups is 1. The summed E-state index contributed by atoms with van der Waals surface area (Å²) in [6.07, 6.45) is 1.68. The first-order chi connectivity index (χ1) is 13.9. The van der Waals surface area contributed by atoms with Crippen LogP contribution in [0.4, 0.5) is 13.2 Å². The summed E-state index contributed by atoms with van der Waals surface area (Å²) in [5, 5.41) is 5.41. The highest BCUT2D eigenvalue weighted by Gasteiger charge is 2.22. The van der Waals surface area contributed by atoms with Crippen molar-refractivity contribution in [3.05, 3.63) is 57.9 Å². The lowest BCUT2D eigenvalue weighted by Crippen LogP contribution is -2.40. The fraction of sp³-hybridized carbons (Fsp3) is 0.350. The first-order valence-electron chi connectivity index (χ1n) is 9.03. The molecule has 1 heterocycles. The molecular weight excluding hydrogens is 409 g/mol. The smallest absolute Gasteiger partial charge is 0.237 e. The second-order valence-corrected chi connectivity index (χ2v) is 6.95. The summed E-state index contributed by atoms with van der Waals surface area (Å²) >= 11 is 5.75. The Balaban J connectivity index is 1.71. The first-order valence-corrected chi connectivity index (χ1v) is 9.41. The zero-order chi connectivity index (χ0) is 21.0. The summed E-state index contributed by atoms with van der Waals surface area (Å²) in [7, 11) is 1.39. The third-order valence-electron chi connectivity index (χ3n) is 4.68. The second-order valence-electron chi connectivity index (χ2n) is 6.57. The summed E-state index contributed by atoms with van der Waals surface area (Å²) in [5.74, 6) is -2.39. The van der Waals surface area contributed by atoms with E-state index in [9.17, 15) is 18.0 Å². The van der Waals surface area contributed by atoms with Crippen molar-refractivity contribution in [3.63, 3.8) is 0 Å². The average Bonchev–Trinajstić information content (AvgIpc) is 3.25. The van der Waals surface area contributed by atoms with Crippen LogP contribution in [0.15, 0.2) is 24.3 Å². The predicted octanol–water partition coefficient (Wildman–Crippen LogP) is 3.71. The molecule has 1 fully saturated rings. The van der Waals surface area contributed by atoms with Crippen LogP contribution < -0.4 is 20.1 Å². The lowest BCUT2D eigenvalue weighted by Gasteiger charge is -2.15. The van der Waals surface area contributed by atoms with E-state index in [4.69, 9.17) is 21.1 Å². The van der Waals surface area contributed by atoms with Gasteiger partial charge >= 0.3 is 0 Å². The predicted molar refractivity (Wildman–Crippen MR) is 102 cm³/mol. The van der Waals surface area contributed by atoms with E-state index in [1.807, 2.05) is 0 Å². The molecule has 0 unspecified atom stereocenters. The molecule has 0 aliphatic carbocycles. The minimum atomic E-state index is -0.799. The van der Waals surface area contributed by atoms with Gasteiger partial charge in [0.15, 0.2) is 11.6 Å². The molecule has 0 bridgehead atoms. The number of carbonyl (C=O) groups excluding carboxylic acids is 1.